The Morgan fingerprint density at radius 2 is 1.16 bits per heavy atom. The van der Waals surface area contributed by atoms with Crippen molar-refractivity contribution in [1.29, 1.82) is 0 Å². The number of fused-ring (bicyclic) bond motifs is 2. The molecule has 55 heavy (non-hydrogen) atoms. The molecule has 8 heterocycles. The van der Waals surface area contributed by atoms with Crippen molar-refractivity contribution in [3.8, 4) is 0 Å². The van der Waals surface area contributed by atoms with E-state index in [0.717, 1.165) is 39.1 Å². The first-order valence-corrected chi connectivity index (χ1v) is 18.5. The zero-order valence-corrected chi connectivity index (χ0v) is 29.8. The number of pyridine rings is 6. The van der Waals surface area contributed by atoms with E-state index in [1.807, 2.05) is 55.0 Å². The first kappa shape index (κ1) is 34.3. The molecule has 2 aliphatic carbocycles. The third-order valence-electron chi connectivity index (χ3n) is 10.2. The third kappa shape index (κ3) is 7.64. The molecule has 0 atom stereocenters. The molecule has 2 fully saturated rings. The van der Waals surface area contributed by atoms with Gasteiger partial charge in [-0.2, -0.15) is 8.78 Å². The van der Waals surface area contributed by atoms with Gasteiger partial charge < -0.3 is 9.97 Å². The van der Waals surface area contributed by atoms with Crippen LogP contribution in [0.2, 0.25) is 0 Å². The van der Waals surface area contributed by atoms with E-state index in [-0.39, 0.29) is 5.56 Å². The van der Waals surface area contributed by atoms with Gasteiger partial charge in [0.05, 0.1) is 5.56 Å². The van der Waals surface area contributed by atoms with Gasteiger partial charge in [-0.1, -0.05) is 18.2 Å². The summed E-state index contributed by atoms with van der Waals surface area (Å²) < 4.78 is 29.2. The van der Waals surface area contributed by atoms with Gasteiger partial charge in [0.1, 0.15) is 11.3 Å². The van der Waals surface area contributed by atoms with Crippen molar-refractivity contribution in [2.45, 2.75) is 56.8 Å². The topological polar surface area (TPSA) is 126 Å². The lowest BCUT2D eigenvalue weighted by Gasteiger charge is -2.06. The summed E-state index contributed by atoms with van der Waals surface area (Å²) in [6.45, 7) is 0. The minimum Gasteiger partial charge on any atom is -0.346 e. The highest BCUT2D eigenvalue weighted by atomic mass is 19.1. The first-order valence-electron chi connectivity index (χ1n) is 18.5. The van der Waals surface area contributed by atoms with Crippen LogP contribution in [0, 0.1) is 11.9 Å². The van der Waals surface area contributed by atoms with Crippen molar-refractivity contribution in [3.05, 3.63) is 178 Å². The van der Waals surface area contributed by atoms with Gasteiger partial charge in [-0.3, -0.25) is 14.8 Å². The van der Waals surface area contributed by atoms with Gasteiger partial charge in [0.2, 0.25) is 11.9 Å². The van der Waals surface area contributed by atoms with Crippen LogP contribution in [0.15, 0.2) is 110 Å². The van der Waals surface area contributed by atoms with Gasteiger partial charge in [-0.25, -0.2) is 19.9 Å². The molecule has 8 aromatic heterocycles. The molecule has 11 heteroatoms. The zero-order chi connectivity index (χ0) is 37.3. The van der Waals surface area contributed by atoms with Gasteiger partial charge in [0.15, 0.2) is 5.78 Å². The number of rotatable bonds is 10. The summed E-state index contributed by atoms with van der Waals surface area (Å²) >= 11 is 0. The van der Waals surface area contributed by atoms with Crippen LogP contribution >= 0.6 is 0 Å². The summed E-state index contributed by atoms with van der Waals surface area (Å²) in [4.78, 5) is 44.5. The van der Waals surface area contributed by atoms with Crippen LogP contribution in [-0.2, 0) is 19.3 Å². The monoisotopic (exact) mass is 730 g/mol. The van der Waals surface area contributed by atoms with Gasteiger partial charge in [0.25, 0.3) is 0 Å². The second-order valence-electron chi connectivity index (χ2n) is 14.3. The van der Waals surface area contributed by atoms with Crippen LogP contribution in [0.25, 0.3) is 22.1 Å². The lowest BCUT2D eigenvalue weighted by molar-refractivity contribution is 0.103. The van der Waals surface area contributed by atoms with Crippen LogP contribution in [-0.4, -0.2) is 45.7 Å². The average molecular weight is 731 g/mol. The number of hydrogen-bond donors (Lipinski definition) is 2. The van der Waals surface area contributed by atoms with E-state index in [0.29, 0.717) is 59.0 Å². The Balaban J connectivity index is 0.000000144. The minimum absolute atomic E-state index is 0.0456. The van der Waals surface area contributed by atoms with Gasteiger partial charge in [-0.15, -0.1) is 0 Å². The van der Waals surface area contributed by atoms with Crippen molar-refractivity contribution in [3.63, 3.8) is 0 Å². The molecule has 0 unspecified atom stereocenters. The molecule has 0 spiro atoms. The summed E-state index contributed by atoms with van der Waals surface area (Å²) in [5.74, 6) is -0.328. The molecule has 272 valence electrons. The van der Waals surface area contributed by atoms with E-state index in [1.165, 1.54) is 37.4 Å². The lowest BCUT2D eigenvalue weighted by atomic mass is 10.0. The second-order valence-corrected chi connectivity index (χ2v) is 14.3. The number of hydrogen-bond acceptors (Lipinski definition) is 7. The maximum atomic E-state index is 14.6. The average Bonchev–Trinajstić information content (AvgIpc) is 4.15. The smallest absolute Gasteiger partial charge is 0.224 e. The summed E-state index contributed by atoms with van der Waals surface area (Å²) in [5, 5.41) is 1.68. The predicted molar refractivity (Wildman–Crippen MR) is 205 cm³/mol. The molecule has 2 N–H and O–H groups in total. The predicted octanol–water partition coefficient (Wildman–Crippen LogP) is 8.74. The molecule has 0 bridgehead atoms. The van der Waals surface area contributed by atoms with Crippen LogP contribution in [0.5, 0.6) is 0 Å². The SMILES string of the molecule is Fc1nc(Cc2ccc(C3CC3)nc2)ccc1Cc1c[nH]c2ncccc12.O=C(c1ccc(Cc2ccc(C3CC3)nc2)nc1F)c1c[nH]c2ncccc12. The maximum absolute atomic E-state index is 14.6. The molecule has 10 rings (SSSR count). The number of halogens is 2. The maximum Gasteiger partial charge on any atom is 0.224 e. The molecule has 0 aliphatic heterocycles. The Morgan fingerprint density at radius 1 is 0.582 bits per heavy atom. The van der Waals surface area contributed by atoms with Gasteiger partial charge >= 0.3 is 0 Å². The summed E-state index contributed by atoms with van der Waals surface area (Å²) in [6.07, 6.45) is 17.0. The van der Waals surface area contributed by atoms with Crippen LogP contribution in [0.4, 0.5) is 8.78 Å². The third-order valence-corrected chi connectivity index (χ3v) is 10.2. The standard InChI is InChI=1S/C22H17FN4O.C22H19FN4/c23-21-17(20(28)18-12-26-22-16(18)2-1-9-24-22)7-6-15(27-21)10-13-3-8-19(25-11-13)14-4-5-14;23-21-16(11-17-13-26-22-19(17)2-1-9-24-22)6-7-18(27-21)10-14-3-8-20(25-12-14)15-4-5-15/h1-3,6-9,11-12,14H,4-5,10H2,(H,24,26);1-3,6-9,12-13,15H,4-5,10-11H2,(H,24,26). The summed E-state index contributed by atoms with van der Waals surface area (Å²) in [6, 6.07) is 22.5. The molecular formula is C44H36F2N8O. The number of H-pyrrole nitrogens is 2. The Hall–Kier alpha value is -6.49. The normalized spacial score (nSPS) is 13.9. The fourth-order valence-electron chi connectivity index (χ4n) is 6.86. The molecule has 0 saturated heterocycles. The van der Waals surface area contributed by atoms with Gasteiger partial charge in [0, 0.05) is 113 Å². The van der Waals surface area contributed by atoms with Crippen LogP contribution in [0.1, 0.15) is 98.5 Å². The number of carbonyl (C=O) groups is 1. The molecule has 8 aromatic rings. The number of aromatic nitrogens is 8. The minimum atomic E-state index is -0.761. The quantitative estimate of drug-likeness (QED) is 0.106. The lowest BCUT2D eigenvalue weighted by Crippen LogP contribution is -2.07. The Morgan fingerprint density at radius 3 is 1.75 bits per heavy atom. The fourth-order valence-corrected chi connectivity index (χ4v) is 6.86. The Labute approximate surface area is 315 Å². The van der Waals surface area contributed by atoms with Crippen molar-refractivity contribution < 1.29 is 13.6 Å². The molecular weight excluding hydrogens is 695 g/mol. The molecule has 0 radical (unpaired) electrons. The molecule has 0 aromatic carbocycles. The highest BCUT2D eigenvalue weighted by molar-refractivity contribution is 6.15. The number of nitrogens with one attached hydrogen (secondary N) is 2. The zero-order valence-electron chi connectivity index (χ0n) is 29.8. The summed E-state index contributed by atoms with van der Waals surface area (Å²) in [7, 11) is 0. The van der Waals surface area contributed by atoms with Crippen LogP contribution in [0.3, 0.4) is 0 Å². The van der Waals surface area contributed by atoms with Crippen molar-refractivity contribution >= 4 is 27.9 Å². The summed E-state index contributed by atoms with van der Waals surface area (Å²) in [5.41, 5.74) is 8.97. The number of ketones is 1. The Bertz CT molecular complexity index is 2640. The molecule has 0 amide bonds. The first-order chi connectivity index (χ1) is 26.9. The van der Waals surface area contributed by atoms with Crippen molar-refractivity contribution in [2.24, 2.45) is 0 Å². The molecule has 2 saturated carbocycles. The molecule has 9 nitrogen and oxygen atoms in total. The number of carbonyl (C=O) groups excluding carboxylic acids is 1. The Kier molecular flexibility index (Phi) is 9.19. The van der Waals surface area contributed by atoms with E-state index in [9.17, 15) is 13.6 Å². The van der Waals surface area contributed by atoms with Gasteiger partial charge in [-0.05, 0) is 97.0 Å². The van der Waals surface area contributed by atoms with E-state index >= 15 is 0 Å². The number of aromatic amines is 2. The highest BCUT2D eigenvalue weighted by Crippen LogP contribution is 2.39. The number of nitrogens with zero attached hydrogens (tertiary/aromatic N) is 6. The van der Waals surface area contributed by atoms with E-state index < -0.39 is 17.7 Å². The fraction of sp³-hybridized carbons (Fsp3) is 0.205. The highest BCUT2D eigenvalue weighted by Gasteiger charge is 2.25. The molecule has 2 aliphatic rings. The van der Waals surface area contributed by atoms with E-state index in [2.05, 4.69) is 52.0 Å². The van der Waals surface area contributed by atoms with Crippen LogP contribution < -0.4 is 0 Å². The van der Waals surface area contributed by atoms with E-state index in [1.54, 1.807) is 36.8 Å². The van der Waals surface area contributed by atoms with E-state index in [4.69, 9.17) is 0 Å². The van der Waals surface area contributed by atoms with Crippen molar-refractivity contribution in [2.75, 3.05) is 0 Å². The largest absolute Gasteiger partial charge is 0.346 e. The second kappa shape index (κ2) is 14.7. The van der Waals surface area contributed by atoms with Crippen molar-refractivity contribution in [1.82, 2.24) is 39.9 Å².